The third kappa shape index (κ3) is 4.73. The summed E-state index contributed by atoms with van der Waals surface area (Å²) >= 11 is 0. The van der Waals surface area contributed by atoms with Crippen LogP contribution in [0.25, 0.3) is 0 Å². The second-order valence-electron chi connectivity index (χ2n) is 6.09. The van der Waals surface area contributed by atoms with Gasteiger partial charge in [-0.2, -0.15) is 0 Å². The van der Waals surface area contributed by atoms with E-state index in [2.05, 4.69) is 10.6 Å². The monoisotopic (exact) mass is 360 g/mol. The Bertz CT molecular complexity index is 983. The summed E-state index contributed by atoms with van der Waals surface area (Å²) in [7, 11) is 1.57. The van der Waals surface area contributed by atoms with E-state index in [1.807, 2.05) is 31.2 Å². The lowest BCUT2D eigenvalue weighted by Crippen LogP contribution is -2.15. The van der Waals surface area contributed by atoms with Crippen LogP contribution in [-0.2, 0) is 0 Å². The predicted octanol–water partition coefficient (Wildman–Crippen LogP) is 4.51. The molecule has 0 bridgehead atoms. The normalized spacial score (nSPS) is 10.1. The Morgan fingerprint density at radius 3 is 1.89 bits per heavy atom. The molecule has 3 aromatic carbocycles. The standard InChI is InChI=1S/C22H20N2O3/c1-15-6-3-9-18(12-15)23-21(25)16-7-4-8-17(13-16)22(26)24-19-10-5-11-20(14-19)27-2/h3-14H,1-2H3,(H,23,25)(H,24,26). The van der Waals surface area contributed by atoms with Gasteiger partial charge in [-0.15, -0.1) is 0 Å². The van der Waals surface area contributed by atoms with Crippen molar-refractivity contribution >= 4 is 23.2 Å². The van der Waals surface area contributed by atoms with Gasteiger partial charge in [-0.05, 0) is 55.0 Å². The molecule has 5 heteroatoms. The summed E-state index contributed by atoms with van der Waals surface area (Å²) < 4.78 is 5.15. The van der Waals surface area contributed by atoms with E-state index in [0.29, 0.717) is 28.3 Å². The van der Waals surface area contributed by atoms with Crippen molar-refractivity contribution in [3.05, 3.63) is 89.5 Å². The minimum atomic E-state index is -0.298. The number of nitrogens with one attached hydrogen (secondary N) is 2. The summed E-state index contributed by atoms with van der Waals surface area (Å²) in [5.41, 5.74) is 3.20. The molecule has 3 aromatic rings. The van der Waals surface area contributed by atoms with Crippen LogP contribution < -0.4 is 15.4 Å². The summed E-state index contributed by atoms with van der Waals surface area (Å²) in [6, 6.07) is 21.2. The Kier molecular flexibility index (Phi) is 5.52. The van der Waals surface area contributed by atoms with Crippen molar-refractivity contribution < 1.29 is 14.3 Å². The summed E-state index contributed by atoms with van der Waals surface area (Å²) in [5.74, 6) is 0.0872. The third-order valence-electron chi connectivity index (χ3n) is 3.99. The molecule has 0 radical (unpaired) electrons. The van der Waals surface area contributed by atoms with E-state index in [0.717, 1.165) is 5.56 Å². The average Bonchev–Trinajstić information content (AvgIpc) is 2.68. The van der Waals surface area contributed by atoms with Crippen LogP contribution in [0.5, 0.6) is 5.75 Å². The molecule has 0 spiro atoms. The minimum absolute atomic E-state index is 0.267. The van der Waals surface area contributed by atoms with Gasteiger partial charge in [-0.25, -0.2) is 0 Å². The van der Waals surface area contributed by atoms with Crippen LogP contribution in [0.1, 0.15) is 26.3 Å². The Labute approximate surface area is 158 Å². The molecule has 27 heavy (non-hydrogen) atoms. The van der Waals surface area contributed by atoms with E-state index in [9.17, 15) is 9.59 Å². The number of amides is 2. The zero-order chi connectivity index (χ0) is 19.2. The van der Waals surface area contributed by atoms with Gasteiger partial charge in [0.1, 0.15) is 5.75 Å². The van der Waals surface area contributed by atoms with E-state index < -0.39 is 0 Å². The molecule has 0 atom stereocenters. The van der Waals surface area contributed by atoms with Crippen LogP contribution in [0, 0.1) is 6.92 Å². The smallest absolute Gasteiger partial charge is 0.255 e. The minimum Gasteiger partial charge on any atom is -0.497 e. The van der Waals surface area contributed by atoms with E-state index in [1.165, 1.54) is 0 Å². The van der Waals surface area contributed by atoms with Crippen molar-refractivity contribution in [3.63, 3.8) is 0 Å². The van der Waals surface area contributed by atoms with Gasteiger partial charge in [0, 0.05) is 28.6 Å². The molecule has 0 unspecified atom stereocenters. The van der Waals surface area contributed by atoms with Crippen LogP contribution >= 0.6 is 0 Å². The first-order valence-corrected chi connectivity index (χ1v) is 8.48. The first kappa shape index (κ1) is 18.2. The van der Waals surface area contributed by atoms with Gasteiger partial charge in [-0.3, -0.25) is 9.59 Å². The van der Waals surface area contributed by atoms with E-state index in [4.69, 9.17) is 4.74 Å². The third-order valence-corrected chi connectivity index (χ3v) is 3.99. The Morgan fingerprint density at radius 2 is 1.30 bits per heavy atom. The molecule has 3 rings (SSSR count). The number of hydrogen-bond acceptors (Lipinski definition) is 3. The summed E-state index contributed by atoms with van der Waals surface area (Å²) in [4.78, 5) is 25.0. The van der Waals surface area contributed by atoms with Crippen LogP contribution in [0.3, 0.4) is 0 Å². The lowest BCUT2D eigenvalue weighted by atomic mass is 10.1. The maximum Gasteiger partial charge on any atom is 0.255 e. The van der Waals surface area contributed by atoms with Gasteiger partial charge in [0.15, 0.2) is 0 Å². The van der Waals surface area contributed by atoms with Crippen molar-refractivity contribution in [2.45, 2.75) is 6.92 Å². The van der Waals surface area contributed by atoms with Crippen molar-refractivity contribution in [2.24, 2.45) is 0 Å². The molecule has 0 aliphatic heterocycles. The topological polar surface area (TPSA) is 67.4 Å². The second-order valence-corrected chi connectivity index (χ2v) is 6.09. The number of anilines is 2. The highest BCUT2D eigenvalue weighted by Gasteiger charge is 2.11. The van der Waals surface area contributed by atoms with E-state index >= 15 is 0 Å². The highest BCUT2D eigenvalue weighted by molar-refractivity contribution is 6.08. The first-order chi connectivity index (χ1) is 13.0. The number of ether oxygens (including phenoxy) is 1. The largest absolute Gasteiger partial charge is 0.497 e. The van der Waals surface area contributed by atoms with Gasteiger partial charge < -0.3 is 15.4 Å². The zero-order valence-corrected chi connectivity index (χ0v) is 15.2. The highest BCUT2D eigenvalue weighted by atomic mass is 16.5. The van der Waals surface area contributed by atoms with Crippen LogP contribution in [-0.4, -0.2) is 18.9 Å². The summed E-state index contributed by atoms with van der Waals surface area (Å²) in [6.45, 7) is 1.96. The maximum atomic E-state index is 12.5. The number of rotatable bonds is 5. The molecule has 0 aromatic heterocycles. The maximum absolute atomic E-state index is 12.5. The Morgan fingerprint density at radius 1 is 0.741 bits per heavy atom. The van der Waals surface area contributed by atoms with Crippen molar-refractivity contribution in [3.8, 4) is 5.75 Å². The van der Waals surface area contributed by atoms with Gasteiger partial charge in [0.25, 0.3) is 11.8 Å². The SMILES string of the molecule is COc1cccc(NC(=O)c2cccc(C(=O)Nc3cccc(C)c3)c2)c1. The molecular weight excluding hydrogens is 340 g/mol. The molecule has 0 fully saturated rings. The molecule has 0 saturated carbocycles. The van der Waals surface area contributed by atoms with Gasteiger partial charge in [0.2, 0.25) is 0 Å². The lowest BCUT2D eigenvalue weighted by molar-refractivity contribution is 0.102. The molecule has 5 nitrogen and oxygen atoms in total. The van der Waals surface area contributed by atoms with Crippen LogP contribution in [0.4, 0.5) is 11.4 Å². The fourth-order valence-electron chi connectivity index (χ4n) is 2.63. The van der Waals surface area contributed by atoms with E-state index in [1.54, 1.807) is 55.6 Å². The van der Waals surface area contributed by atoms with Gasteiger partial charge >= 0.3 is 0 Å². The number of carbonyl (C=O) groups excluding carboxylic acids is 2. The number of carbonyl (C=O) groups is 2. The van der Waals surface area contributed by atoms with Gasteiger partial charge in [0.05, 0.1) is 7.11 Å². The van der Waals surface area contributed by atoms with Crippen molar-refractivity contribution in [2.75, 3.05) is 17.7 Å². The highest BCUT2D eigenvalue weighted by Crippen LogP contribution is 2.18. The first-order valence-electron chi connectivity index (χ1n) is 8.48. The molecule has 136 valence electrons. The average molecular weight is 360 g/mol. The molecule has 0 aliphatic carbocycles. The lowest BCUT2D eigenvalue weighted by Gasteiger charge is -2.09. The molecule has 0 heterocycles. The summed E-state index contributed by atoms with van der Waals surface area (Å²) in [6.07, 6.45) is 0. The van der Waals surface area contributed by atoms with E-state index in [-0.39, 0.29) is 11.8 Å². The molecule has 0 saturated heterocycles. The van der Waals surface area contributed by atoms with Gasteiger partial charge in [-0.1, -0.05) is 24.3 Å². The fourth-order valence-corrected chi connectivity index (χ4v) is 2.63. The molecule has 0 aliphatic rings. The molecular formula is C22H20N2O3. The molecule has 2 amide bonds. The number of methoxy groups -OCH3 is 1. The number of hydrogen-bond donors (Lipinski definition) is 2. The summed E-state index contributed by atoms with van der Waals surface area (Å²) in [5, 5.41) is 5.65. The predicted molar refractivity (Wildman–Crippen MR) is 107 cm³/mol. The number of aryl methyl sites for hydroxylation is 1. The van der Waals surface area contributed by atoms with Crippen molar-refractivity contribution in [1.82, 2.24) is 0 Å². The zero-order valence-electron chi connectivity index (χ0n) is 15.2. The Balaban J connectivity index is 1.74. The van der Waals surface area contributed by atoms with Crippen LogP contribution in [0.15, 0.2) is 72.8 Å². The quantitative estimate of drug-likeness (QED) is 0.703. The number of benzene rings is 3. The second kappa shape index (κ2) is 8.19. The molecule has 2 N–H and O–H groups in total. The fraction of sp³-hybridized carbons (Fsp3) is 0.0909. The van der Waals surface area contributed by atoms with Crippen LogP contribution in [0.2, 0.25) is 0 Å². The van der Waals surface area contributed by atoms with Crippen molar-refractivity contribution in [1.29, 1.82) is 0 Å². The Hall–Kier alpha value is -3.60.